The van der Waals surface area contributed by atoms with E-state index in [0.29, 0.717) is 5.75 Å². The van der Waals surface area contributed by atoms with Crippen LogP contribution < -0.4 is 5.32 Å². The third-order valence-corrected chi connectivity index (χ3v) is 3.87. The molecule has 2 rings (SSSR count). The first-order valence-electron chi connectivity index (χ1n) is 5.88. The van der Waals surface area contributed by atoms with Crippen molar-refractivity contribution in [3.8, 4) is 5.75 Å². The topological polar surface area (TPSA) is 32.3 Å². The predicted octanol–water partition coefficient (Wildman–Crippen LogP) is 4.64. The molecular weight excluding hydrogens is 290 g/mol. The van der Waals surface area contributed by atoms with Crippen LogP contribution in [0.3, 0.4) is 0 Å². The highest BCUT2D eigenvalue weighted by Gasteiger charge is 2.08. The van der Waals surface area contributed by atoms with Crippen molar-refractivity contribution in [1.29, 1.82) is 0 Å². The number of halogens is 1. The summed E-state index contributed by atoms with van der Waals surface area (Å²) in [5.74, 6) is 0.298. The van der Waals surface area contributed by atoms with Gasteiger partial charge in [-0.1, -0.05) is 34.1 Å². The molecule has 0 amide bonds. The second kappa shape index (κ2) is 5.44. The molecule has 0 radical (unpaired) electrons. The molecule has 0 spiro atoms. The van der Waals surface area contributed by atoms with E-state index in [2.05, 4.69) is 41.2 Å². The van der Waals surface area contributed by atoms with E-state index in [1.54, 1.807) is 12.1 Å². The molecule has 2 aromatic carbocycles. The van der Waals surface area contributed by atoms with Crippen LogP contribution in [0.5, 0.6) is 5.75 Å². The van der Waals surface area contributed by atoms with Gasteiger partial charge in [-0.2, -0.15) is 0 Å². The van der Waals surface area contributed by atoms with Gasteiger partial charge in [-0.15, -0.1) is 0 Å². The average molecular weight is 306 g/mol. The predicted molar refractivity (Wildman–Crippen MR) is 79.0 cm³/mol. The summed E-state index contributed by atoms with van der Waals surface area (Å²) in [4.78, 5) is 0. The summed E-state index contributed by atoms with van der Waals surface area (Å²) in [5.41, 5.74) is 3.35. The van der Waals surface area contributed by atoms with Gasteiger partial charge in [0.1, 0.15) is 5.75 Å². The molecule has 2 N–H and O–H groups in total. The highest BCUT2D eigenvalue weighted by Crippen LogP contribution is 2.27. The Balaban J connectivity index is 2.21. The van der Waals surface area contributed by atoms with Gasteiger partial charge in [-0.05, 0) is 49.2 Å². The van der Waals surface area contributed by atoms with Crippen molar-refractivity contribution in [2.75, 3.05) is 5.32 Å². The van der Waals surface area contributed by atoms with Gasteiger partial charge in [-0.25, -0.2) is 0 Å². The van der Waals surface area contributed by atoms with E-state index in [1.807, 2.05) is 24.3 Å². The zero-order chi connectivity index (χ0) is 13.1. The zero-order valence-corrected chi connectivity index (χ0v) is 12.0. The molecule has 0 saturated heterocycles. The van der Waals surface area contributed by atoms with Crippen molar-refractivity contribution >= 4 is 21.6 Å². The van der Waals surface area contributed by atoms with Crippen molar-refractivity contribution in [1.82, 2.24) is 0 Å². The lowest BCUT2D eigenvalue weighted by Crippen LogP contribution is -2.07. The molecule has 3 heteroatoms. The fraction of sp³-hybridized carbons (Fsp3) is 0.200. The summed E-state index contributed by atoms with van der Waals surface area (Å²) in [6.45, 7) is 4.15. The highest BCUT2D eigenvalue weighted by atomic mass is 79.9. The fourth-order valence-corrected chi connectivity index (χ4v) is 2.24. The van der Waals surface area contributed by atoms with Crippen LogP contribution in [0.4, 0.5) is 5.69 Å². The number of aromatic hydroxyl groups is 1. The molecule has 2 aromatic rings. The van der Waals surface area contributed by atoms with Crippen LogP contribution >= 0.6 is 15.9 Å². The normalized spacial score (nSPS) is 12.2. The smallest absolute Gasteiger partial charge is 0.115 e. The standard InChI is InChI=1S/C15H16BrNO/c1-10-14(16)7-4-8-15(10)17-11(2)12-5-3-6-13(18)9-12/h3-9,11,17-18H,1-2H3. The number of phenolic OH excluding ortho intramolecular Hbond substituents is 1. The Kier molecular flexibility index (Phi) is 3.92. The quantitative estimate of drug-likeness (QED) is 0.866. The van der Waals surface area contributed by atoms with Gasteiger partial charge >= 0.3 is 0 Å². The highest BCUT2D eigenvalue weighted by molar-refractivity contribution is 9.10. The molecule has 2 nitrogen and oxygen atoms in total. The number of rotatable bonds is 3. The number of nitrogens with one attached hydrogen (secondary N) is 1. The molecular formula is C15H16BrNO. The third-order valence-electron chi connectivity index (χ3n) is 3.01. The molecule has 0 aliphatic heterocycles. The van der Waals surface area contributed by atoms with Crippen molar-refractivity contribution in [3.05, 3.63) is 58.1 Å². The van der Waals surface area contributed by atoms with E-state index >= 15 is 0 Å². The van der Waals surface area contributed by atoms with Crippen molar-refractivity contribution in [2.45, 2.75) is 19.9 Å². The molecule has 0 aliphatic carbocycles. The lowest BCUT2D eigenvalue weighted by atomic mass is 10.1. The van der Waals surface area contributed by atoms with E-state index in [-0.39, 0.29) is 6.04 Å². The third kappa shape index (κ3) is 2.85. The van der Waals surface area contributed by atoms with Gasteiger partial charge in [0.2, 0.25) is 0 Å². The largest absolute Gasteiger partial charge is 0.508 e. The molecule has 0 fully saturated rings. The van der Waals surface area contributed by atoms with Gasteiger partial charge in [0.15, 0.2) is 0 Å². The molecule has 0 aliphatic rings. The first kappa shape index (κ1) is 13.0. The van der Waals surface area contributed by atoms with Crippen LogP contribution in [0.2, 0.25) is 0 Å². The van der Waals surface area contributed by atoms with E-state index in [4.69, 9.17) is 0 Å². The van der Waals surface area contributed by atoms with Crippen molar-refractivity contribution in [3.63, 3.8) is 0 Å². The van der Waals surface area contributed by atoms with E-state index in [1.165, 1.54) is 5.56 Å². The Hall–Kier alpha value is -1.48. The minimum Gasteiger partial charge on any atom is -0.508 e. The lowest BCUT2D eigenvalue weighted by molar-refractivity contribution is 0.474. The Labute approximate surface area is 116 Å². The monoisotopic (exact) mass is 305 g/mol. The first-order valence-corrected chi connectivity index (χ1v) is 6.68. The molecule has 0 saturated carbocycles. The summed E-state index contributed by atoms with van der Waals surface area (Å²) in [6, 6.07) is 13.6. The van der Waals surface area contributed by atoms with E-state index in [0.717, 1.165) is 15.7 Å². The second-order valence-corrected chi connectivity index (χ2v) is 5.23. The van der Waals surface area contributed by atoms with Gasteiger partial charge in [-0.3, -0.25) is 0 Å². The SMILES string of the molecule is Cc1c(Br)cccc1NC(C)c1cccc(O)c1. The Morgan fingerprint density at radius 1 is 1.17 bits per heavy atom. The number of anilines is 1. The van der Waals surface area contributed by atoms with Gasteiger partial charge in [0, 0.05) is 16.2 Å². The molecule has 18 heavy (non-hydrogen) atoms. The fourth-order valence-electron chi connectivity index (χ4n) is 1.87. The Morgan fingerprint density at radius 2 is 1.89 bits per heavy atom. The van der Waals surface area contributed by atoms with Crippen LogP contribution in [-0.2, 0) is 0 Å². The summed E-state index contributed by atoms with van der Waals surface area (Å²) in [7, 11) is 0. The van der Waals surface area contributed by atoms with Gasteiger partial charge in [0.05, 0.1) is 0 Å². The number of phenols is 1. The molecule has 0 aromatic heterocycles. The summed E-state index contributed by atoms with van der Waals surface area (Å²) >= 11 is 3.52. The Bertz CT molecular complexity index is 554. The van der Waals surface area contributed by atoms with Crippen LogP contribution in [0.15, 0.2) is 46.9 Å². The first-order chi connectivity index (χ1) is 8.58. The summed E-state index contributed by atoms with van der Waals surface area (Å²) < 4.78 is 1.09. The number of hydrogen-bond donors (Lipinski definition) is 2. The maximum atomic E-state index is 9.49. The number of benzene rings is 2. The molecule has 0 heterocycles. The molecule has 1 unspecified atom stereocenters. The average Bonchev–Trinajstić information content (AvgIpc) is 2.35. The van der Waals surface area contributed by atoms with Gasteiger partial charge < -0.3 is 10.4 Å². The maximum absolute atomic E-state index is 9.49. The lowest BCUT2D eigenvalue weighted by Gasteiger charge is -2.18. The number of hydrogen-bond acceptors (Lipinski definition) is 2. The van der Waals surface area contributed by atoms with Crippen LogP contribution in [-0.4, -0.2) is 5.11 Å². The second-order valence-electron chi connectivity index (χ2n) is 4.37. The minimum atomic E-state index is 0.144. The maximum Gasteiger partial charge on any atom is 0.115 e. The van der Waals surface area contributed by atoms with Gasteiger partial charge in [0.25, 0.3) is 0 Å². The van der Waals surface area contributed by atoms with E-state index < -0.39 is 0 Å². The molecule has 0 bridgehead atoms. The van der Waals surface area contributed by atoms with Crippen LogP contribution in [0.25, 0.3) is 0 Å². The van der Waals surface area contributed by atoms with Crippen LogP contribution in [0, 0.1) is 6.92 Å². The Morgan fingerprint density at radius 3 is 2.61 bits per heavy atom. The minimum absolute atomic E-state index is 0.144. The summed E-state index contributed by atoms with van der Waals surface area (Å²) in [5, 5.41) is 12.9. The van der Waals surface area contributed by atoms with Crippen LogP contribution in [0.1, 0.15) is 24.1 Å². The van der Waals surface area contributed by atoms with Crippen molar-refractivity contribution < 1.29 is 5.11 Å². The van der Waals surface area contributed by atoms with E-state index in [9.17, 15) is 5.11 Å². The van der Waals surface area contributed by atoms with Crippen molar-refractivity contribution in [2.24, 2.45) is 0 Å². The molecule has 1 atom stereocenters. The summed E-state index contributed by atoms with van der Waals surface area (Å²) in [6.07, 6.45) is 0. The zero-order valence-electron chi connectivity index (χ0n) is 10.4. The molecule has 94 valence electrons.